The number of pyridine rings is 1. The van der Waals surface area contributed by atoms with E-state index in [2.05, 4.69) is 15.0 Å². The van der Waals surface area contributed by atoms with E-state index in [4.69, 9.17) is 11.5 Å². The summed E-state index contributed by atoms with van der Waals surface area (Å²) >= 11 is 0. The summed E-state index contributed by atoms with van der Waals surface area (Å²) in [5, 5.41) is 0. The zero-order valence-electron chi connectivity index (χ0n) is 9.39. The van der Waals surface area contributed by atoms with Crippen LogP contribution in [0.5, 0.6) is 0 Å². The number of rotatable bonds is 0. The van der Waals surface area contributed by atoms with E-state index in [-0.39, 0.29) is 0 Å². The minimum Gasteiger partial charge on any atom is -0.394 e. The van der Waals surface area contributed by atoms with Crippen LogP contribution in [0.4, 0.5) is 29.1 Å². The highest BCUT2D eigenvalue weighted by Crippen LogP contribution is 2.29. The lowest BCUT2D eigenvalue weighted by molar-refractivity contribution is -0.140. The Bertz CT molecular complexity index is 522. The van der Waals surface area contributed by atoms with E-state index in [1.807, 2.05) is 0 Å². The minimum atomic E-state index is -4.65. The molecule has 4 N–H and O–H groups in total. The zero-order chi connectivity index (χ0) is 14.5. The van der Waals surface area contributed by atoms with Gasteiger partial charge < -0.3 is 11.5 Å². The number of hydrogen-bond acceptors (Lipinski definition) is 5. The summed E-state index contributed by atoms with van der Waals surface area (Å²) in [4.78, 5) is 10.1. The van der Waals surface area contributed by atoms with Gasteiger partial charge in [0.15, 0.2) is 0 Å². The van der Waals surface area contributed by atoms with Gasteiger partial charge in [0, 0.05) is 6.20 Å². The molecule has 0 aliphatic heterocycles. The molecule has 5 nitrogen and oxygen atoms in total. The third-order valence-corrected chi connectivity index (χ3v) is 1.84. The highest BCUT2D eigenvalue weighted by Gasteiger charge is 2.34. The van der Waals surface area contributed by atoms with E-state index in [1.165, 1.54) is 12.5 Å². The predicted molar refractivity (Wildman–Crippen MR) is 60.1 cm³/mol. The van der Waals surface area contributed by atoms with Gasteiger partial charge in [-0.1, -0.05) is 0 Å². The molecule has 9 heteroatoms. The molecule has 2 aromatic rings. The number of nitrogens with zero attached hydrogens (tertiary/aromatic N) is 3. The Morgan fingerprint density at radius 1 is 1.11 bits per heavy atom. The molecule has 0 bridgehead atoms. The van der Waals surface area contributed by atoms with Gasteiger partial charge in [0.2, 0.25) is 5.95 Å². The third kappa shape index (κ3) is 4.37. The van der Waals surface area contributed by atoms with Gasteiger partial charge >= 0.3 is 6.18 Å². The maximum absolute atomic E-state index is 12.3. The van der Waals surface area contributed by atoms with E-state index < -0.39 is 17.7 Å². The number of nitrogen functional groups attached to an aromatic ring is 2. The van der Waals surface area contributed by atoms with Crippen molar-refractivity contribution >= 4 is 11.5 Å². The monoisotopic (exact) mass is 275 g/mol. The number of nitrogens with two attached hydrogens (primary N) is 2. The fourth-order valence-corrected chi connectivity index (χ4v) is 0.947. The van der Waals surface area contributed by atoms with E-state index in [1.54, 1.807) is 0 Å². The van der Waals surface area contributed by atoms with Crippen molar-refractivity contribution in [1.29, 1.82) is 0 Å². The van der Waals surface area contributed by atoms with Gasteiger partial charge in [-0.2, -0.15) is 17.6 Å². The Kier molecular flexibility index (Phi) is 4.56. The van der Waals surface area contributed by atoms with Crippen molar-refractivity contribution in [2.45, 2.75) is 6.18 Å². The number of hydrogen-bond donors (Lipinski definition) is 2. The number of aromatic nitrogens is 3. The fraction of sp³-hybridized carbons (Fsp3) is 0.100. The Labute approximate surface area is 105 Å². The smallest absolute Gasteiger partial charge is 0.394 e. The molecule has 0 spiro atoms. The van der Waals surface area contributed by atoms with Gasteiger partial charge in [-0.15, -0.1) is 0 Å². The van der Waals surface area contributed by atoms with Crippen LogP contribution in [0.1, 0.15) is 5.56 Å². The molecule has 102 valence electrons. The minimum absolute atomic E-state index is 0.333. The molecule has 0 saturated carbocycles. The van der Waals surface area contributed by atoms with Crippen molar-refractivity contribution < 1.29 is 17.6 Å². The van der Waals surface area contributed by atoms with E-state index >= 15 is 0 Å². The van der Waals surface area contributed by atoms with Gasteiger partial charge in [0.05, 0.1) is 11.9 Å². The quantitative estimate of drug-likeness (QED) is 0.566. The van der Waals surface area contributed by atoms with Crippen LogP contribution in [0.3, 0.4) is 0 Å². The second-order valence-electron chi connectivity index (χ2n) is 3.20. The van der Waals surface area contributed by atoms with Crippen LogP contribution in [0.2, 0.25) is 0 Å². The molecular formula is C10H9F4N5. The highest BCUT2D eigenvalue weighted by molar-refractivity contribution is 5.55. The van der Waals surface area contributed by atoms with Crippen molar-refractivity contribution in [1.82, 2.24) is 15.0 Å². The Morgan fingerprint density at radius 3 is 2.16 bits per heavy atom. The maximum Gasteiger partial charge on any atom is 0.420 e. The molecule has 2 aromatic heterocycles. The van der Waals surface area contributed by atoms with Crippen LogP contribution in [-0.2, 0) is 6.18 Å². The highest BCUT2D eigenvalue weighted by atomic mass is 19.4. The lowest BCUT2D eigenvalue weighted by Crippen LogP contribution is -2.08. The molecule has 0 amide bonds. The molecule has 2 rings (SSSR count). The Balaban J connectivity index is 0.000000200. The first-order chi connectivity index (χ1) is 8.82. The molecule has 0 saturated heterocycles. The summed E-state index contributed by atoms with van der Waals surface area (Å²) in [5.74, 6) is -1.15. The molecule has 0 atom stereocenters. The van der Waals surface area contributed by atoms with Crippen molar-refractivity contribution in [3.8, 4) is 0 Å². The van der Waals surface area contributed by atoms with Gasteiger partial charge in [-0.3, -0.25) is 0 Å². The van der Waals surface area contributed by atoms with Crippen LogP contribution < -0.4 is 11.5 Å². The van der Waals surface area contributed by atoms with E-state index in [0.717, 1.165) is 12.3 Å². The molecular weight excluding hydrogens is 266 g/mol. The molecule has 0 fully saturated rings. The average molecular weight is 275 g/mol. The van der Waals surface area contributed by atoms with E-state index in [9.17, 15) is 17.6 Å². The fourth-order valence-electron chi connectivity index (χ4n) is 0.947. The topological polar surface area (TPSA) is 90.7 Å². The van der Waals surface area contributed by atoms with Gasteiger partial charge in [0.25, 0.3) is 0 Å². The first kappa shape index (κ1) is 14.6. The predicted octanol–water partition coefficient (Wildman–Crippen LogP) is 1.88. The SMILES string of the molecule is Fc1ncccc1C(F)(F)F.Nc1cncnc1N. The van der Waals surface area contributed by atoms with Crippen molar-refractivity contribution in [2.24, 2.45) is 0 Å². The summed E-state index contributed by atoms with van der Waals surface area (Å²) in [7, 11) is 0. The number of anilines is 2. The van der Waals surface area contributed by atoms with Crippen LogP contribution in [-0.4, -0.2) is 15.0 Å². The van der Waals surface area contributed by atoms with Crippen molar-refractivity contribution in [3.63, 3.8) is 0 Å². The average Bonchev–Trinajstić information content (AvgIpc) is 2.33. The summed E-state index contributed by atoms with van der Waals surface area (Å²) in [5.41, 5.74) is 9.60. The van der Waals surface area contributed by atoms with Gasteiger partial charge in [-0.05, 0) is 12.1 Å². The van der Waals surface area contributed by atoms with Crippen LogP contribution in [0.25, 0.3) is 0 Å². The molecule has 2 heterocycles. The Hall–Kier alpha value is -2.45. The van der Waals surface area contributed by atoms with Crippen molar-refractivity contribution in [3.05, 3.63) is 42.4 Å². The molecule has 0 radical (unpaired) electrons. The lowest BCUT2D eigenvalue weighted by atomic mass is 10.3. The number of alkyl halides is 3. The van der Waals surface area contributed by atoms with E-state index in [0.29, 0.717) is 17.6 Å². The zero-order valence-corrected chi connectivity index (χ0v) is 9.39. The standard InChI is InChI=1S/C6H3F4N.C4H6N4/c7-5-4(6(8,9)10)2-1-3-11-5;5-3-1-7-2-8-4(3)6/h1-3H;1-2H,5H2,(H2,6,7,8). The number of halogens is 4. The second-order valence-corrected chi connectivity index (χ2v) is 3.20. The van der Waals surface area contributed by atoms with Gasteiger partial charge in [-0.25, -0.2) is 15.0 Å². The molecule has 0 unspecified atom stereocenters. The third-order valence-electron chi connectivity index (χ3n) is 1.84. The van der Waals surface area contributed by atoms with Crippen molar-refractivity contribution in [2.75, 3.05) is 11.5 Å². The Morgan fingerprint density at radius 2 is 1.79 bits per heavy atom. The molecule has 0 aliphatic rings. The van der Waals surface area contributed by atoms with Gasteiger partial charge in [0.1, 0.15) is 17.7 Å². The second kappa shape index (κ2) is 5.94. The van der Waals surface area contributed by atoms with Crippen LogP contribution in [0.15, 0.2) is 30.9 Å². The van der Waals surface area contributed by atoms with Crippen LogP contribution >= 0.6 is 0 Å². The molecule has 19 heavy (non-hydrogen) atoms. The lowest BCUT2D eigenvalue weighted by Gasteiger charge is -2.04. The summed E-state index contributed by atoms with van der Waals surface area (Å²) in [6.45, 7) is 0. The molecule has 0 aromatic carbocycles. The first-order valence-corrected chi connectivity index (χ1v) is 4.81. The molecule has 0 aliphatic carbocycles. The summed E-state index contributed by atoms with van der Waals surface area (Å²) < 4.78 is 47.6. The van der Waals surface area contributed by atoms with Crippen LogP contribution in [0, 0.1) is 5.95 Å². The maximum atomic E-state index is 12.3. The first-order valence-electron chi connectivity index (χ1n) is 4.81. The normalized spacial score (nSPS) is 10.5. The summed E-state index contributed by atoms with van der Waals surface area (Å²) in [6.07, 6.45) is -0.878. The largest absolute Gasteiger partial charge is 0.420 e. The summed E-state index contributed by atoms with van der Waals surface area (Å²) in [6, 6.07) is 1.67.